The average Bonchev–Trinajstić information content (AvgIpc) is 3.98. The van der Waals surface area contributed by atoms with Gasteiger partial charge in [0.2, 0.25) is 5.91 Å². The maximum atomic E-state index is 13.8. The zero-order chi connectivity index (χ0) is 53.6. The number of benzene rings is 2. The molecule has 0 bridgehead atoms. The number of rotatable bonds is 27. The summed E-state index contributed by atoms with van der Waals surface area (Å²) >= 11 is 1.85. The second-order valence-corrected chi connectivity index (χ2v) is 21.5. The van der Waals surface area contributed by atoms with Crippen LogP contribution in [0.2, 0.25) is 0 Å². The number of nitrogens with zero attached hydrogens (tertiary/aromatic N) is 8. The number of allylic oxidation sites excluding steroid dienone is 2. The predicted octanol–water partition coefficient (Wildman–Crippen LogP) is 7.28. The van der Waals surface area contributed by atoms with Crippen molar-refractivity contribution in [3.05, 3.63) is 82.2 Å². The summed E-state index contributed by atoms with van der Waals surface area (Å²) < 4.78 is 42.7. The molecule has 4 aliphatic rings. The quantitative estimate of drug-likeness (QED) is 0.0552. The standard InChI is InChI=1S/C56H76N8O10S/c1-11-38-23-42-31-57-47-29-51(49(68-8)27-45(47)54(66)63(42)33-38)73-35-40-25-44(72-20-17-62(53(65)13-14-60(5)6)16-19-71-22-21-70-18-15-61(7)37-56(3,4)75-10)26-41(59-40)36-74-52-30-48-46(28-50(52)69-9)55(67)64-34-39(12-2)24-43(64)32-58-48/h11-12,25-32,42-43H,13-24,33-37H2,1-10H3/b38-11+,39-12+/t42-,43-/m0/s1. The second-order valence-electron chi connectivity index (χ2n) is 20.0. The van der Waals surface area contributed by atoms with Crippen LogP contribution in [0.5, 0.6) is 28.7 Å². The van der Waals surface area contributed by atoms with Crippen molar-refractivity contribution in [1.29, 1.82) is 0 Å². The monoisotopic (exact) mass is 1050 g/mol. The topological polar surface area (TPSA) is 170 Å². The Hall–Kier alpha value is -5.99. The number of carbonyl (C=O) groups excluding carboxylic acids is 3. The number of hydrogen-bond donors (Lipinski definition) is 0. The highest BCUT2D eigenvalue weighted by Gasteiger charge is 2.36. The molecule has 0 saturated carbocycles. The lowest BCUT2D eigenvalue weighted by Gasteiger charge is -2.28. The van der Waals surface area contributed by atoms with Crippen LogP contribution in [0.15, 0.2) is 69.7 Å². The van der Waals surface area contributed by atoms with Crippen LogP contribution in [-0.2, 0) is 27.5 Å². The van der Waals surface area contributed by atoms with Crippen molar-refractivity contribution >= 4 is 53.3 Å². The van der Waals surface area contributed by atoms with E-state index in [4.69, 9.17) is 48.1 Å². The van der Waals surface area contributed by atoms with Crippen molar-refractivity contribution in [1.82, 2.24) is 29.5 Å². The lowest BCUT2D eigenvalue weighted by molar-refractivity contribution is -0.132. The number of amides is 3. The molecule has 5 heterocycles. The maximum absolute atomic E-state index is 13.8. The summed E-state index contributed by atoms with van der Waals surface area (Å²) in [5.41, 5.74) is 5.26. The number of likely N-dealkylation sites (N-methyl/N-ethyl adjacent to an activating group) is 1. The number of aromatic nitrogens is 1. The summed E-state index contributed by atoms with van der Waals surface area (Å²) in [6, 6.07) is 10.1. The number of methoxy groups -OCH3 is 2. The summed E-state index contributed by atoms with van der Waals surface area (Å²) in [5.74, 6) is 1.76. The number of ether oxygens (including phenoxy) is 7. The van der Waals surface area contributed by atoms with Crippen LogP contribution < -0.4 is 23.7 Å². The third-order valence-corrected chi connectivity index (χ3v) is 15.0. The molecule has 0 N–H and O–H groups in total. The number of pyridine rings is 1. The molecule has 2 atom stereocenters. The fourth-order valence-corrected chi connectivity index (χ4v) is 9.66. The third kappa shape index (κ3) is 15.1. The Kier molecular flexibility index (Phi) is 20.2. The van der Waals surface area contributed by atoms with Crippen molar-refractivity contribution in [3.8, 4) is 28.7 Å². The molecule has 19 heteroatoms. The van der Waals surface area contributed by atoms with Gasteiger partial charge in [0.25, 0.3) is 11.8 Å². The molecular formula is C56H76N8O10S. The molecule has 0 radical (unpaired) electrons. The molecule has 406 valence electrons. The first-order chi connectivity index (χ1) is 36.1. The minimum Gasteiger partial charge on any atom is -0.493 e. The van der Waals surface area contributed by atoms with Gasteiger partial charge in [0.15, 0.2) is 23.0 Å². The molecule has 2 aromatic carbocycles. The number of thioether (sulfide) groups is 1. The van der Waals surface area contributed by atoms with Crippen molar-refractivity contribution in [2.45, 2.75) is 77.0 Å². The Balaban J connectivity index is 1.06. The summed E-state index contributed by atoms with van der Waals surface area (Å²) in [6.45, 7) is 14.7. The van der Waals surface area contributed by atoms with Crippen molar-refractivity contribution in [3.63, 3.8) is 0 Å². The largest absolute Gasteiger partial charge is 0.493 e. The van der Waals surface area contributed by atoms with E-state index in [0.29, 0.717) is 128 Å². The molecule has 7 rings (SSSR count). The second kappa shape index (κ2) is 26.7. The van der Waals surface area contributed by atoms with Crippen LogP contribution in [0, 0.1) is 0 Å². The van der Waals surface area contributed by atoms with Gasteiger partial charge in [-0.15, -0.1) is 0 Å². The zero-order valence-corrected chi connectivity index (χ0v) is 46.3. The molecule has 75 heavy (non-hydrogen) atoms. The van der Waals surface area contributed by atoms with Gasteiger partial charge in [0.1, 0.15) is 25.6 Å². The first-order valence-electron chi connectivity index (χ1n) is 25.7. The minimum absolute atomic E-state index is 0.00591. The molecule has 18 nitrogen and oxygen atoms in total. The lowest BCUT2D eigenvalue weighted by atomic mass is 10.1. The SMILES string of the molecule is C/C=C1\C[C@H]2C=Nc3cc(OCc4cc(OCCN(CCOCCOCCN(C)CC(C)(C)SC)C(=O)CCN(C)C)cc(COc5cc6c(cc5OC)C(=O)N5C/C(=C/C)C[C@H]5C=N6)n4)c(OC)cc3C(=O)N2C1. The van der Waals surface area contributed by atoms with E-state index in [9.17, 15) is 14.4 Å². The number of hydrogen-bond acceptors (Lipinski definition) is 16. The Morgan fingerprint density at radius 3 is 1.68 bits per heavy atom. The van der Waals surface area contributed by atoms with Crippen LogP contribution in [0.25, 0.3) is 0 Å². The molecule has 3 amide bonds. The van der Waals surface area contributed by atoms with Crippen LogP contribution in [0.3, 0.4) is 0 Å². The van der Waals surface area contributed by atoms with E-state index in [1.807, 2.05) is 66.8 Å². The van der Waals surface area contributed by atoms with E-state index in [-0.39, 0.29) is 54.4 Å². The molecule has 2 fully saturated rings. The lowest BCUT2D eigenvalue weighted by Crippen LogP contribution is -2.38. The van der Waals surface area contributed by atoms with Gasteiger partial charge in [-0.3, -0.25) is 29.4 Å². The van der Waals surface area contributed by atoms with E-state index < -0.39 is 0 Å². The third-order valence-electron chi connectivity index (χ3n) is 13.7. The van der Waals surface area contributed by atoms with Crippen LogP contribution in [0.1, 0.15) is 79.1 Å². The summed E-state index contributed by atoms with van der Waals surface area (Å²) in [6.07, 6.45) is 11.7. The van der Waals surface area contributed by atoms with Gasteiger partial charge in [-0.1, -0.05) is 23.3 Å². The van der Waals surface area contributed by atoms with Crippen molar-refractivity contribution in [2.24, 2.45) is 9.98 Å². The molecule has 1 aromatic heterocycles. The van der Waals surface area contributed by atoms with Gasteiger partial charge >= 0.3 is 0 Å². The van der Waals surface area contributed by atoms with Crippen molar-refractivity contribution < 1.29 is 47.5 Å². The summed E-state index contributed by atoms with van der Waals surface area (Å²) in [5, 5.41) is 0. The van der Waals surface area contributed by atoms with Crippen molar-refractivity contribution in [2.75, 3.05) is 120 Å². The Bertz CT molecular complexity index is 2480. The predicted molar refractivity (Wildman–Crippen MR) is 294 cm³/mol. The van der Waals surface area contributed by atoms with Crippen LogP contribution in [-0.4, -0.2) is 197 Å². The van der Waals surface area contributed by atoms with E-state index in [0.717, 1.165) is 25.9 Å². The highest BCUT2D eigenvalue weighted by molar-refractivity contribution is 7.99. The van der Waals surface area contributed by atoms with Gasteiger partial charge in [0, 0.05) is 87.1 Å². The summed E-state index contributed by atoms with van der Waals surface area (Å²) in [7, 11) is 9.05. The molecule has 2 saturated heterocycles. The first kappa shape index (κ1) is 56.7. The molecule has 0 unspecified atom stereocenters. The molecule has 3 aromatic rings. The zero-order valence-electron chi connectivity index (χ0n) is 45.5. The van der Waals surface area contributed by atoms with Gasteiger partial charge in [-0.2, -0.15) is 11.8 Å². The normalized spacial score (nSPS) is 18.1. The van der Waals surface area contributed by atoms with E-state index >= 15 is 0 Å². The average molecular weight is 1050 g/mol. The molecule has 0 aliphatic carbocycles. The van der Waals surface area contributed by atoms with Gasteiger partial charge in [0.05, 0.1) is 93.2 Å². The van der Waals surface area contributed by atoms with E-state index in [2.05, 4.69) is 44.2 Å². The Labute approximate surface area is 447 Å². The Morgan fingerprint density at radius 1 is 0.693 bits per heavy atom. The fraction of sp³-hybridized carbons (Fsp3) is 0.536. The number of fused-ring (bicyclic) bond motifs is 4. The van der Waals surface area contributed by atoms with Crippen LogP contribution >= 0.6 is 11.8 Å². The first-order valence-corrected chi connectivity index (χ1v) is 27.0. The van der Waals surface area contributed by atoms with E-state index in [1.54, 1.807) is 41.3 Å². The highest BCUT2D eigenvalue weighted by atomic mass is 32.2. The summed E-state index contributed by atoms with van der Waals surface area (Å²) in [4.78, 5) is 65.2. The van der Waals surface area contributed by atoms with E-state index in [1.165, 1.54) is 25.4 Å². The maximum Gasteiger partial charge on any atom is 0.257 e. The number of aliphatic imine (C=N–C) groups is 2. The van der Waals surface area contributed by atoms with Gasteiger partial charge < -0.3 is 57.7 Å². The van der Waals surface area contributed by atoms with Gasteiger partial charge in [-0.05, 0) is 80.1 Å². The molecule has 4 aliphatic heterocycles. The Morgan fingerprint density at radius 2 is 1.20 bits per heavy atom. The molecule has 0 spiro atoms. The molecular weight excluding hydrogens is 977 g/mol. The van der Waals surface area contributed by atoms with Crippen LogP contribution in [0.4, 0.5) is 11.4 Å². The minimum atomic E-state index is -0.128. The van der Waals surface area contributed by atoms with Gasteiger partial charge in [-0.25, -0.2) is 0 Å². The smallest absolute Gasteiger partial charge is 0.257 e. The highest BCUT2D eigenvalue weighted by Crippen LogP contribution is 2.41. The number of carbonyl (C=O) groups is 3. The fourth-order valence-electron chi connectivity index (χ4n) is 9.31.